The zero-order chi connectivity index (χ0) is 13.8. The van der Waals surface area contributed by atoms with E-state index in [4.69, 9.17) is 10.8 Å². The van der Waals surface area contributed by atoms with Crippen LogP contribution >= 0.6 is 0 Å². The Bertz CT molecular complexity index is 543. The second-order valence-corrected chi connectivity index (χ2v) is 5.37. The third-order valence-corrected chi connectivity index (χ3v) is 2.66. The second-order valence-electron chi connectivity index (χ2n) is 3.53. The van der Waals surface area contributed by atoms with Crippen molar-refractivity contribution in [3.63, 3.8) is 0 Å². The summed E-state index contributed by atoms with van der Waals surface area (Å²) >= 11 is 0. The number of nitrogens with zero attached hydrogens (tertiary/aromatic N) is 1. The van der Waals surface area contributed by atoms with Gasteiger partial charge in [-0.05, 0) is 12.1 Å². The van der Waals surface area contributed by atoms with E-state index in [0.717, 1.165) is 6.26 Å². The molecule has 1 aromatic rings. The molecule has 0 saturated heterocycles. The number of carbonyl (C=O) groups is 1. The fourth-order valence-electron chi connectivity index (χ4n) is 1.15. The van der Waals surface area contributed by atoms with Gasteiger partial charge in [-0.25, -0.2) is 22.9 Å². The summed E-state index contributed by atoms with van der Waals surface area (Å²) in [6.07, 6.45) is 1.05. The number of aromatic carboxylic acids is 1. The summed E-state index contributed by atoms with van der Waals surface area (Å²) in [5.41, 5.74) is 5.76. The number of hydrogen-bond donors (Lipinski definition) is 4. The highest BCUT2D eigenvalue weighted by atomic mass is 32.2. The largest absolute Gasteiger partial charge is 0.477 e. The molecule has 1 heterocycles. The minimum atomic E-state index is -3.25. The summed E-state index contributed by atoms with van der Waals surface area (Å²) in [5, 5.41) is 11.5. The number of carboxylic acids is 1. The second kappa shape index (κ2) is 5.65. The summed E-state index contributed by atoms with van der Waals surface area (Å²) < 4.78 is 23.9. The molecule has 0 amide bonds. The molecule has 0 radical (unpaired) electrons. The molecule has 18 heavy (non-hydrogen) atoms. The van der Waals surface area contributed by atoms with Crippen molar-refractivity contribution in [3.8, 4) is 0 Å². The average Bonchev–Trinajstić information content (AvgIpc) is 2.24. The first-order valence-corrected chi connectivity index (χ1v) is 6.87. The lowest BCUT2D eigenvalue weighted by Gasteiger charge is -2.09. The van der Waals surface area contributed by atoms with Gasteiger partial charge in [-0.3, -0.25) is 0 Å². The van der Waals surface area contributed by atoms with E-state index in [1.54, 1.807) is 0 Å². The normalized spacial score (nSPS) is 11.2. The van der Waals surface area contributed by atoms with Crippen LogP contribution in [-0.4, -0.2) is 43.8 Å². The number of anilines is 2. The lowest BCUT2D eigenvalue weighted by Crippen LogP contribution is -2.28. The molecule has 0 aromatic carbocycles. The maximum absolute atomic E-state index is 10.8. The van der Waals surface area contributed by atoms with Gasteiger partial charge >= 0.3 is 5.97 Å². The van der Waals surface area contributed by atoms with Gasteiger partial charge in [-0.15, -0.1) is 0 Å². The number of rotatable bonds is 6. The van der Waals surface area contributed by atoms with Crippen LogP contribution in [0.5, 0.6) is 0 Å². The summed E-state index contributed by atoms with van der Waals surface area (Å²) in [5.74, 6) is -0.947. The van der Waals surface area contributed by atoms with Crippen LogP contribution in [0, 0.1) is 0 Å². The van der Waals surface area contributed by atoms with E-state index in [9.17, 15) is 13.2 Å². The first kappa shape index (κ1) is 14.2. The number of hydrogen-bond acceptors (Lipinski definition) is 6. The number of nitrogens with one attached hydrogen (secondary N) is 2. The Morgan fingerprint density at radius 2 is 2.11 bits per heavy atom. The van der Waals surface area contributed by atoms with Gasteiger partial charge in [-0.2, -0.15) is 0 Å². The lowest BCUT2D eigenvalue weighted by molar-refractivity contribution is 0.0690. The summed E-state index contributed by atoms with van der Waals surface area (Å²) in [7, 11) is -3.25. The Labute approximate surface area is 104 Å². The summed E-state index contributed by atoms with van der Waals surface area (Å²) in [6, 6.07) is 2.71. The predicted molar refractivity (Wildman–Crippen MR) is 66.9 cm³/mol. The van der Waals surface area contributed by atoms with Crippen molar-refractivity contribution in [1.82, 2.24) is 9.71 Å². The van der Waals surface area contributed by atoms with Gasteiger partial charge in [-0.1, -0.05) is 0 Å². The Morgan fingerprint density at radius 1 is 1.44 bits per heavy atom. The molecule has 0 unspecified atom stereocenters. The molecule has 0 atom stereocenters. The van der Waals surface area contributed by atoms with E-state index in [2.05, 4.69) is 15.0 Å². The molecular weight excluding hydrogens is 260 g/mol. The van der Waals surface area contributed by atoms with Gasteiger partial charge in [0.25, 0.3) is 0 Å². The van der Waals surface area contributed by atoms with Crippen LogP contribution in [0.15, 0.2) is 12.1 Å². The maximum Gasteiger partial charge on any atom is 0.354 e. The van der Waals surface area contributed by atoms with E-state index < -0.39 is 16.0 Å². The molecule has 0 aliphatic carbocycles. The Kier molecular flexibility index (Phi) is 4.45. The number of nitrogen functional groups attached to an aromatic ring is 1. The van der Waals surface area contributed by atoms with Crippen LogP contribution in [0.1, 0.15) is 10.5 Å². The third kappa shape index (κ3) is 4.55. The van der Waals surface area contributed by atoms with Crippen molar-refractivity contribution in [1.29, 1.82) is 0 Å². The number of nitrogens with two attached hydrogens (primary N) is 1. The Balaban J connectivity index is 2.61. The minimum Gasteiger partial charge on any atom is -0.477 e. The van der Waals surface area contributed by atoms with E-state index in [0.29, 0.717) is 5.69 Å². The monoisotopic (exact) mass is 274 g/mol. The van der Waals surface area contributed by atoms with Crippen LogP contribution in [0.3, 0.4) is 0 Å². The van der Waals surface area contributed by atoms with Crippen LogP contribution in [0.4, 0.5) is 11.5 Å². The van der Waals surface area contributed by atoms with Gasteiger partial charge in [0.2, 0.25) is 10.0 Å². The third-order valence-electron chi connectivity index (χ3n) is 1.93. The summed E-state index contributed by atoms with van der Waals surface area (Å²) in [6.45, 7) is 0.393. The van der Waals surface area contributed by atoms with E-state index in [-0.39, 0.29) is 24.6 Å². The quantitative estimate of drug-likeness (QED) is 0.505. The SMILES string of the molecule is CS(=O)(=O)NCCNc1nc(C(=O)O)ccc1N. The molecule has 0 fully saturated rings. The fourth-order valence-corrected chi connectivity index (χ4v) is 1.62. The molecule has 1 rings (SSSR count). The molecule has 1 aromatic heterocycles. The smallest absolute Gasteiger partial charge is 0.354 e. The van der Waals surface area contributed by atoms with Gasteiger partial charge < -0.3 is 16.2 Å². The number of sulfonamides is 1. The van der Waals surface area contributed by atoms with Crippen LogP contribution in [0.25, 0.3) is 0 Å². The first-order chi connectivity index (χ1) is 8.29. The Morgan fingerprint density at radius 3 is 2.67 bits per heavy atom. The van der Waals surface area contributed by atoms with Crippen molar-refractivity contribution in [2.24, 2.45) is 0 Å². The molecule has 100 valence electrons. The Hall–Kier alpha value is -1.87. The van der Waals surface area contributed by atoms with E-state index >= 15 is 0 Å². The molecule has 0 aliphatic rings. The molecule has 5 N–H and O–H groups in total. The zero-order valence-electron chi connectivity index (χ0n) is 9.67. The topological polar surface area (TPSA) is 134 Å². The number of pyridine rings is 1. The van der Waals surface area contributed by atoms with Gasteiger partial charge in [0, 0.05) is 13.1 Å². The van der Waals surface area contributed by atoms with Crippen LogP contribution in [0.2, 0.25) is 0 Å². The molecule has 0 saturated carbocycles. The van der Waals surface area contributed by atoms with Crippen molar-refractivity contribution in [2.45, 2.75) is 0 Å². The minimum absolute atomic E-state index is 0.136. The zero-order valence-corrected chi connectivity index (χ0v) is 10.5. The molecule has 0 spiro atoms. The number of carboxylic acid groups (broad SMARTS) is 1. The van der Waals surface area contributed by atoms with Crippen molar-refractivity contribution in [2.75, 3.05) is 30.4 Å². The fraction of sp³-hybridized carbons (Fsp3) is 0.333. The molecule has 0 aliphatic heterocycles. The van der Waals surface area contributed by atoms with Crippen LogP contribution in [-0.2, 0) is 10.0 Å². The maximum atomic E-state index is 10.8. The lowest BCUT2D eigenvalue weighted by atomic mass is 10.3. The first-order valence-electron chi connectivity index (χ1n) is 4.98. The molecular formula is C9H14N4O4S. The summed E-state index contributed by atoms with van der Waals surface area (Å²) in [4.78, 5) is 14.5. The molecule has 8 nitrogen and oxygen atoms in total. The highest BCUT2D eigenvalue weighted by Gasteiger charge is 2.08. The van der Waals surface area contributed by atoms with E-state index in [1.165, 1.54) is 12.1 Å². The van der Waals surface area contributed by atoms with Crippen molar-refractivity contribution >= 4 is 27.5 Å². The molecule has 0 bridgehead atoms. The van der Waals surface area contributed by atoms with Gasteiger partial charge in [0.1, 0.15) is 5.82 Å². The van der Waals surface area contributed by atoms with Crippen molar-refractivity contribution in [3.05, 3.63) is 17.8 Å². The van der Waals surface area contributed by atoms with Gasteiger partial charge in [0.15, 0.2) is 5.69 Å². The highest BCUT2D eigenvalue weighted by molar-refractivity contribution is 7.88. The highest BCUT2D eigenvalue weighted by Crippen LogP contribution is 2.15. The average molecular weight is 274 g/mol. The molecule has 9 heteroatoms. The number of aromatic nitrogens is 1. The standard InChI is InChI=1S/C9H14N4O4S/c1-18(16,17)12-5-4-11-8-6(10)2-3-7(13-8)9(14)15/h2-3,12H,4-5,10H2,1H3,(H,11,13)(H,14,15). The van der Waals surface area contributed by atoms with Gasteiger partial charge in [0.05, 0.1) is 11.9 Å². The van der Waals surface area contributed by atoms with E-state index in [1.807, 2.05) is 0 Å². The van der Waals surface area contributed by atoms with Crippen molar-refractivity contribution < 1.29 is 18.3 Å². The predicted octanol–water partition coefficient (Wildman–Crippen LogP) is -0.677. The van der Waals surface area contributed by atoms with Crippen LogP contribution < -0.4 is 15.8 Å².